The van der Waals surface area contributed by atoms with Gasteiger partial charge in [0.2, 0.25) is 11.6 Å². The van der Waals surface area contributed by atoms with Crippen molar-refractivity contribution < 1.29 is 85.1 Å². The predicted octanol–water partition coefficient (Wildman–Crippen LogP) is 1.30. The molecule has 1 N–H and O–H groups in total. The molecule has 0 radical (unpaired) electrons. The molecule has 0 atom stereocenters. The van der Waals surface area contributed by atoms with E-state index in [0.717, 1.165) is 17.8 Å². The second kappa shape index (κ2) is 12.7. The number of hydrogen-bond donors (Lipinski definition) is 1. The van der Waals surface area contributed by atoms with Gasteiger partial charge in [0, 0.05) is 49.4 Å². The van der Waals surface area contributed by atoms with Gasteiger partial charge in [0.05, 0.1) is 10.3 Å². The number of carbonyl (C=O) groups excluding carboxylic acids is 1. The topological polar surface area (TPSA) is 118 Å². The Morgan fingerprint density at radius 3 is 2.36 bits per heavy atom. The van der Waals surface area contributed by atoms with Crippen LogP contribution in [0.3, 0.4) is 0 Å². The summed E-state index contributed by atoms with van der Waals surface area (Å²) < 4.78 is 37.1. The predicted molar refractivity (Wildman–Crippen MR) is 133 cm³/mol. The summed E-state index contributed by atoms with van der Waals surface area (Å²) in [6, 6.07) is 13.6. The fourth-order valence-corrected chi connectivity index (χ4v) is 4.88. The third-order valence-electron chi connectivity index (χ3n) is 6.18. The number of nitrogens with zero attached hydrogens (tertiary/aromatic N) is 2. The molecule has 1 heterocycles. The van der Waals surface area contributed by atoms with Crippen molar-refractivity contribution >= 4 is 39.1 Å². The second-order valence-corrected chi connectivity index (χ2v) is 10.4. The first-order chi connectivity index (χ1) is 16.4. The van der Waals surface area contributed by atoms with Crippen LogP contribution in [-0.2, 0) is 25.1 Å². The van der Waals surface area contributed by atoms with Gasteiger partial charge in [-0.2, -0.15) is 4.58 Å². The number of carboxylic acid groups (broad SMARTS) is 1. The maximum absolute atomic E-state index is 12.4. The number of unbranched alkanes of at least 4 members (excludes halogenated alkanes) is 2. The van der Waals surface area contributed by atoms with Crippen LogP contribution in [0.25, 0.3) is 0 Å². The van der Waals surface area contributed by atoms with Crippen LogP contribution < -0.4 is 56.3 Å². The molecule has 0 spiro atoms. The maximum atomic E-state index is 12.4. The number of allylic oxidation sites excluding steroid dienone is 1. The summed E-state index contributed by atoms with van der Waals surface area (Å²) >= 11 is 0. The monoisotopic (exact) mass is 538 g/mol. The molecule has 1 aliphatic heterocycles. The van der Waals surface area contributed by atoms with Crippen molar-refractivity contribution in [2.24, 2.45) is 0 Å². The number of para-hydroxylation sites is 1. The van der Waals surface area contributed by atoms with Crippen molar-refractivity contribution in [1.82, 2.24) is 0 Å². The molecule has 10 heteroatoms. The van der Waals surface area contributed by atoms with E-state index in [4.69, 9.17) is 5.11 Å². The molecule has 0 saturated carbocycles. The largest absolute Gasteiger partial charge is 1.00 e. The molecule has 188 valence electrons. The van der Waals surface area contributed by atoms with E-state index in [1.165, 1.54) is 24.0 Å². The van der Waals surface area contributed by atoms with Crippen molar-refractivity contribution in [1.29, 1.82) is 0 Å². The molecule has 0 unspecified atom stereocenters. The summed E-state index contributed by atoms with van der Waals surface area (Å²) in [4.78, 5) is 24.4. The van der Waals surface area contributed by atoms with Gasteiger partial charge in [0.25, 0.3) is 0 Å². The van der Waals surface area contributed by atoms with E-state index in [0.29, 0.717) is 30.6 Å². The standard InChI is InChI=1S/C26H30N2O6S.K.H/c1-19(29)27(20-10-6-4-7-11-20)17-15-24-26(2,3)22-18-21(35(32,33)34)13-14-23(22)28(24)16-9-5-8-12-25(30)31;;/h4,6-7,10-11,13-15,17-18H,5,8-9,12,16H2,1-3H3,(H-,30,31,32,33,34);;/q;+1;-1. The number of rotatable bonds is 10. The Morgan fingerprint density at radius 2 is 1.78 bits per heavy atom. The Hall–Kier alpha value is -1.66. The number of carbonyl (C=O) groups is 2. The van der Waals surface area contributed by atoms with Crippen LogP contribution in [0.5, 0.6) is 0 Å². The van der Waals surface area contributed by atoms with Crippen molar-refractivity contribution in [2.75, 3.05) is 11.4 Å². The van der Waals surface area contributed by atoms with Gasteiger partial charge in [-0.25, -0.2) is 8.42 Å². The van der Waals surface area contributed by atoms with E-state index >= 15 is 0 Å². The Morgan fingerprint density at radius 1 is 1.11 bits per heavy atom. The summed E-state index contributed by atoms with van der Waals surface area (Å²) in [6.07, 6.45) is 5.64. The van der Waals surface area contributed by atoms with Crippen molar-refractivity contribution in [3.05, 3.63) is 66.4 Å². The Bertz CT molecular complexity index is 1290. The summed E-state index contributed by atoms with van der Waals surface area (Å²) in [6.45, 7) is 5.93. The molecule has 1 amide bonds. The van der Waals surface area contributed by atoms with E-state index in [-0.39, 0.29) is 70.0 Å². The molecular formula is C26H31KN2O6S. The molecule has 8 nitrogen and oxygen atoms in total. The molecule has 2 aromatic rings. The number of benzene rings is 2. The smallest absolute Gasteiger partial charge is 1.00 e. The number of fused-ring (bicyclic) bond motifs is 1. The number of carboxylic acids is 1. The van der Waals surface area contributed by atoms with E-state index < -0.39 is 21.5 Å². The van der Waals surface area contributed by atoms with E-state index in [2.05, 4.69) is 4.58 Å². The third kappa shape index (κ3) is 7.22. The van der Waals surface area contributed by atoms with Crippen LogP contribution in [0.15, 0.2) is 65.7 Å². The van der Waals surface area contributed by atoms with E-state index in [1.54, 1.807) is 12.3 Å². The first kappa shape index (κ1) is 30.6. The molecule has 36 heavy (non-hydrogen) atoms. The Kier molecular flexibility index (Phi) is 10.8. The zero-order valence-electron chi connectivity index (χ0n) is 22.1. The van der Waals surface area contributed by atoms with Gasteiger partial charge in [-0.05, 0) is 51.0 Å². The molecule has 0 saturated heterocycles. The van der Waals surface area contributed by atoms with Crippen LogP contribution in [-0.4, -0.2) is 46.8 Å². The fraction of sp³-hybridized carbons (Fsp3) is 0.346. The van der Waals surface area contributed by atoms with E-state index in [9.17, 15) is 22.6 Å². The quantitative estimate of drug-likeness (QED) is 0.211. The van der Waals surface area contributed by atoms with Gasteiger partial charge in [0.15, 0.2) is 5.71 Å². The zero-order valence-corrected chi connectivity index (χ0v) is 25.0. The minimum absolute atomic E-state index is 0. The number of hydrogen-bond acceptors (Lipinski definition) is 5. The molecule has 0 aliphatic carbocycles. The average molecular weight is 539 g/mol. The normalized spacial score (nSPS) is 14.4. The summed E-state index contributed by atoms with van der Waals surface area (Å²) in [5, 5.41) is 8.89. The first-order valence-electron chi connectivity index (χ1n) is 11.4. The maximum Gasteiger partial charge on any atom is 1.00 e. The molecule has 0 fully saturated rings. The number of amides is 1. The van der Waals surface area contributed by atoms with Crippen molar-refractivity contribution in [2.45, 2.75) is 56.8 Å². The van der Waals surface area contributed by atoms with Crippen molar-refractivity contribution in [3.63, 3.8) is 0 Å². The van der Waals surface area contributed by atoms with E-state index in [1.807, 2.05) is 50.3 Å². The van der Waals surface area contributed by atoms with Crippen LogP contribution in [0.1, 0.15) is 53.4 Å². The Labute approximate surface area is 256 Å². The van der Waals surface area contributed by atoms with Crippen LogP contribution in [0.4, 0.5) is 11.4 Å². The van der Waals surface area contributed by atoms with Crippen LogP contribution in [0.2, 0.25) is 0 Å². The van der Waals surface area contributed by atoms with Crippen molar-refractivity contribution in [3.8, 4) is 0 Å². The van der Waals surface area contributed by atoms with Crippen LogP contribution in [0, 0.1) is 0 Å². The summed E-state index contributed by atoms with van der Waals surface area (Å²) in [7, 11) is -4.62. The summed E-state index contributed by atoms with van der Waals surface area (Å²) in [5.74, 6) is -0.995. The fourth-order valence-electron chi connectivity index (χ4n) is 4.38. The van der Waals surface area contributed by atoms with Gasteiger partial charge >= 0.3 is 57.4 Å². The molecule has 3 rings (SSSR count). The minimum atomic E-state index is -4.62. The number of aliphatic carboxylic acids is 1. The first-order valence-corrected chi connectivity index (χ1v) is 12.8. The molecule has 0 aromatic heterocycles. The zero-order chi connectivity index (χ0) is 25.8. The van der Waals surface area contributed by atoms with Gasteiger partial charge in [0.1, 0.15) is 16.7 Å². The molecule has 1 aliphatic rings. The minimum Gasteiger partial charge on any atom is -1.00 e. The van der Waals surface area contributed by atoms with Gasteiger partial charge in [-0.3, -0.25) is 14.5 Å². The molecular weight excluding hydrogens is 507 g/mol. The summed E-state index contributed by atoms with van der Waals surface area (Å²) in [5.41, 5.74) is 2.40. The van der Waals surface area contributed by atoms with Gasteiger partial charge in [-0.1, -0.05) is 18.2 Å². The average Bonchev–Trinajstić information content (AvgIpc) is 2.99. The Balaban J connectivity index is 0.00000342. The molecule has 0 bridgehead atoms. The van der Waals surface area contributed by atoms with Crippen LogP contribution >= 0.6 is 0 Å². The third-order valence-corrected chi connectivity index (χ3v) is 7.01. The second-order valence-electron chi connectivity index (χ2n) is 9.04. The SMILES string of the molecule is CC(=O)N(/C=C/C1=[N+](CCCCCC(=O)O)c2ccc(S(=O)(=O)[O-])cc2C1(C)C)c1ccccc1.[H-].[K+]. The van der Waals surface area contributed by atoms with Gasteiger partial charge in [-0.15, -0.1) is 0 Å². The molecule has 2 aromatic carbocycles. The van der Waals surface area contributed by atoms with Gasteiger partial charge < -0.3 is 11.1 Å². The number of anilines is 1.